The number of nitrogens with one attached hydrogen (secondary N) is 1. The predicted octanol–water partition coefficient (Wildman–Crippen LogP) is 2.24. The number of nitrogens with zero attached hydrogens (tertiary/aromatic N) is 1. The third-order valence-corrected chi connectivity index (χ3v) is 3.79. The molecule has 20 heavy (non-hydrogen) atoms. The lowest BCUT2D eigenvalue weighted by atomic mass is 10.2. The molecule has 0 aliphatic rings. The number of hydrogen-bond acceptors (Lipinski definition) is 4. The Morgan fingerprint density at radius 2 is 1.85 bits per heavy atom. The predicted molar refractivity (Wildman–Crippen MR) is 82.5 cm³/mol. The Morgan fingerprint density at radius 3 is 2.40 bits per heavy atom. The van der Waals surface area contributed by atoms with E-state index >= 15 is 0 Å². The molecule has 0 fully saturated rings. The fourth-order valence-electron chi connectivity index (χ4n) is 1.65. The van der Waals surface area contributed by atoms with E-state index in [4.69, 9.17) is 5.14 Å². The number of halogens is 1. The van der Waals surface area contributed by atoms with Gasteiger partial charge < -0.3 is 5.32 Å². The third kappa shape index (κ3) is 4.92. The second-order valence-electron chi connectivity index (χ2n) is 4.33. The Hall–Kier alpha value is -1.44. The number of pyridine rings is 1. The van der Waals surface area contributed by atoms with Gasteiger partial charge in [-0.25, -0.2) is 13.6 Å². The highest BCUT2D eigenvalue weighted by Crippen LogP contribution is 2.13. The molecular formula is C13H14BrN3O2S. The fraction of sp³-hybridized carbons (Fsp3) is 0.154. The van der Waals surface area contributed by atoms with E-state index in [0.29, 0.717) is 12.1 Å². The zero-order chi connectivity index (χ0) is 14.6. The van der Waals surface area contributed by atoms with Gasteiger partial charge in [0, 0.05) is 16.4 Å². The lowest BCUT2D eigenvalue weighted by Gasteiger charge is -2.07. The van der Waals surface area contributed by atoms with Crippen molar-refractivity contribution in [1.82, 2.24) is 4.98 Å². The van der Waals surface area contributed by atoms with Gasteiger partial charge in [0.05, 0.1) is 18.0 Å². The quantitative estimate of drug-likeness (QED) is 0.861. The Balaban J connectivity index is 1.95. The summed E-state index contributed by atoms with van der Waals surface area (Å²) >= 11 is 3.33. The minimum Gasteiger partial charge on any atom is -0.379 e. The molecule has 0 aliphatic heterocycles. The van der Waals surface area contributed by atoms with Gasteiger partial charge in [-0.2, -0.15) is 0 Å². The molecule has 1 aromatic heterocycles. The van der Waals surface area contributed by atoms with Gasteiger partial charge in [0.15, 0.2) is 0 Å². The number of rotatable bonds is 5. The first-order valence-corrected chi connectivity index (χ1v) is 8.37. The number of primary sulfonamides is 1. The summed E-state index contributed by atoms with van der Waals surface area (Å²) in [5.74, 6) is -0.151. The van der Waals surface area contributed by atoms with Gasteiger partial charge in [-0.15, -0.1) is 0 Å². The molecule has 3 N–H and O–H groups in total. The normalized spacial score (nSPS) is 11.3. The van der Waals surface area contributed by atoms with Crippen LogP contribution in [0.15, 0.2) is 47.1 Å². The molecule has 1 aromatic carbocycles. The van der Waals surface area contributed by atoms with Crippen molar-refractivity contribution in [1.29, 1.82) is 0 Å². The van der Waals surface area contributed by atoms with Gasteiger partial charge in [-0.3, -0.25) is 4.98 Å². The highest BCUT2D eigenvalue weighted by molar-refractivity contribution is 9.10. The molecule has 2 aromatic rings. The van der Waals surface area contributed by atoms with E-state index in [1.807, 2.05) is 24.3 Å². The monoisotopic (exact) mass is 355 g/mol. The first-order chi connectivity index (χ1) is 9.42. The molecule has 0 saturated carbocycles. The highest BCUT2D eigenvalue weighted by Gasteiger charge is 2.04. The van der Waals surface area contributed by atoms with Crippen molar-refractivity contribution in [2.75, 3.05) is 5.32 Å². The lowest BCUT2D eigenvalue weighted by Crippen LogP contribution is -2.14. The number of aromatic nitrogens is 1. The van der Waals surface area contributed by atoms with Crippen LogP contribution in [-0.2, 0) is 22.3 Å². The molecule has 5 nitrogen and oxygen atoms in total. The number of nitrogens with two attached hydrogens (primary N) is 1. The van der Waals surface area contributed by atoms with E-state index in [0.717, 1.165) is 15.9 Å². The van der Waals surface area contributed by atoms with Crippen molar-refractivity contribution in [3.8, 4) is 0 Å². The fourth-order valence-corrected chi connectivity index (χ4v) is 2.55. The molecule has 2 rings (SSSR count). The van der Waals surface area contributed by atoms with Crippen LogP contribution in [0.3, 0.4) is 0 Å². The molecule has 106 valence electrons. The smallest absolute Gasteiger partial charge is 0.213 e. The largest absolute Gasteiger partial charge is 0.379 e. The van der Waals surface area contributed by atoms with Crippen LogP contribution in [0.4, 0.5) is 5.69 Å². The summed E-state index contributed by atoms with van der Waals surface area (Å²) in [6.07, 6.45) is 1.74. The van der Waals surface area contributed by atoms with E-state index in [9.17, 15) is 8.42 Å². The van der Waals surface area contributed by atoms with Crippen LogP contribution in [0.25, 0.3) is 0 Å². The van der Waals surface area contributed by atoms with Gasteiger partial charge in [0.2, 0.25) is 10.0 Å². The van der Waals surface area contributed by atoms with Crippen molar-refractivity contribution in [3.63, 3.8) is 0 Å². The number of anilines is 1. The maximum atomic E-state index is 11.0. The summed E-state index contributed by atoms with van der Waals surface area (Å²) in [6, 6.07) is 11.0. The van der Waals surface area contributed by atoms with Crippen LogP contribution in [-0.4, -0.2) is 13.4 Å². The molecule has 0 unspecified atom stereocenters. The van der Waals surface area contributed by atoms with E-state index in [2.05, 4.69) is 26.2 Å². The van der Waals surface area contributed by atoms with Crippen LogP contribution < -0.4 is 10.5 Å². The van der Waals surface area contributed by atoms with Crippen LogP contribution >= 0.6 is 15.9 Å². The first-order valence-electron chi connectivity index (χ1n) is 5.86. The summed E-state index contributed by atoms with van der Waals surface area (Å²) in [5.41, 5.74) is 2.48. The maximum Gasteiger partial charge on any atom is 0.213 e. The zero-order valence-electron chi connectivity index (χ0n) is 10.6. The topological polar surface area (TPSA) is 85.1 Å². The third-order valence-electron chi connectivity index (χ3n) is 2.58. The SMILES string of the molecule is NS(=O)(=O)Cc1ccc(NCc2ccc(Br)cn2)cc1. The zero-order valence-corrected chi connectivity index (χ0v) is 13.0. The molecule has 0 aliphatic carbocycles. The van der Waals surface area contributed by atoms with Gasteiger partial charge in [-0.05, 0) is 45.8 Å². The summed E-state index contributed by atoms with van der Waals surface area (Å²) in [7, 11) is -3.48. The van der Waals surface area contributed by atoms with Gasteiger partial charge >= 0.3 is 0 Å². The van der Waals surface area contributed by atoms with Crippen molar-refractivity contribution in [3.05, 3.63) is 58.3 Å². The summed E-state index contributed by atoms with van der Waals surface area (Å²) in [4.78, 5) is 4.25. The average Bonchev–Trinajstić information content (AvgIpc) is 2.38. The van der Waals surface area contributed by atoms with Gasteiger partial charge in [0.25, 0.3) is 0 Å². The van der Waals surface area contributed by atoms with Crippen LogP contribution in [0, 0.1) is 0 Å². The van der Waals surface area contributed by atoms with Gasteiger partial charge in [0.1, 0.15) is 0 Å². The first kappa shape index (κ1) is 15.0. The lowest BCUT2D eigenvalue weighted by molar-refractivity contribution is 0.597. The van der Waals surface area contributed by atoms with Crippen molar-refractivity contribution < 1.29 is 8.42 Å². The Kier molecular flexibility index (Phi) is 4.74. The Labute approximate surface area is 126 Å². The molecule has 0 spiro atoms. The van der Waals surface area contributed by atoms with E-state index in [1.165, 1.54) is 0 Å². The van der Waals surface area contributed by atoms with Crippen molar-refractivity contribution in [2.24, 2.45) is 5.14 Å². The Morgan fingerprint density at radius 1 is 1.15 bits per heavy atom. The number of sulfonamides is 1. The maximum absolute atomic E-state index is 11.0. The van der Waals surface area contributed by atoms with E-state index in [-0.39, 0.29) is 5.75 Å². The van der Waals surface area contributed by atoms with Gasteiger partial charge in [-0.1, -0.05) is 12.1 Å². The molecular weight excluding hydrogens is 342 g/mol. The summed E-state index contributed by atoms with van der Waals surface area (Å²) < 4.78 is 22.9. The van der Waals surface area contributed by atoms with Crippen molar-refractivity contribution in [2.45, 2.75) is 12.3 Å². The van der Waals surface area contributed by atoms with E-state index < -0.39 is 10.0 Å². The standard InChI is InChI=1S/C13H14BrN3O2S/c14-11-3-6-13(16-7-11)8-17-12-4-1-10(2-5-12)9-20(15,18)19/h1-7,17H,8-9H2,(H2,15,18,19). The van der Waals surface area contributed by atoms with Crippen LogP contribution in [0.2, 0.25) is 0 Å². The van der Waals surface area contributed by atoms with E-state index in [1.54, 1.807) is 18.3 Å². The minimum atomic E-state index is -3.48. The van der Waals surface area contributed by atoms with Crippen LogP contribution in [0.5, 0.6) is 0 Å². The summed E-state index contributed by atoms with van der Waals surface area (Å²) in [5, 5.41) is 8.21. The molecule has 0 amide bonds. The molecule has 1 heterocycles. The average molecular weight is 356 g/mol. The highest BCUT2D eigenvalue weighted by atomic mass is 79.9. The second kappa shape index (κ2) is 6.34. The molecule has 0 saturated heterocycles. The molecule has 0 bridgehead atoms. The molecule has 0 radical (unpaired) electrons. The number of hydrogen-bond donors (Lipinski definition) is 2. The molecule has 7 heteroatoms. The summed E-state index contributed by atoms with van der Waals surface area (Å²) in [6.45, 7) is 0.599. The number of benzene rings is 1. The van der Waals surface area contributed by atoms with Crippen molar-refractivity contribution >= 4 is 31.6 Å². The minimum absolute atomic E-state index is 0.151. The Bertz CT molecular complexity index is 670. The van der Waals surface area contributed by atoms with Crippen LogP contribution in [0.1, 0.15) is 11.3 Å². The second-order valence-corrected chi connectivity index (χ2v) is 6.86. The molecule has 0 atom stereocenters.